The Morgan fingerprint density at radius 3 is 3.00 bits per heavy atom. The number of hydrogen-bond acceptors (Lipinski definition) is 2. The van der Waals surface area contributed by atoms with Gasteiger partial charge < -0.3 is 9.47 Å². The average Bonchev–Trinajstić information content (AvgIpc) is 2.56. The molecule has 1 aromatic carbocycles. The smallest absolute Gasteiger partial charge is 0.267 e. The van der Waals surface area contributed by atoms with E-state index < -0.39 is 0 Å². The predicted molar refractivity (Wildman–Crippen MR) is 44.2 cm³/mol. The molecule has 1 aliphatic heterocycles. The molecule has 0 fully saturated rings. The van der Waals surface area contributed by atoms with E-state index in [4.69, 9.17) is 21.1 Å². The summed E-state index contributed by atoms with van der Waals surface area (Å²) in [5.74, 6) is 0. The molecular weight excluding hydrogens is 176 g/mol. The number of hydrogen-bond donors (Lipinski definition) is 0. The first-order valence-corrected chi connectivity index (χ1v) is 3.88. The molecule has 0 aromatic heterocycles. The Morgan fingerprint density at radius 2 is 2.33 bits per heavy atom. The summed E-state index contributed by atoms with van der Waals surface area (Å²) in [4.78, 5) is 0. The lowest BCUT2D eigenvalue weighted by atomic mass is 10.2. The highest BCUT2D eigenvalue weighted by atomic mass is 35.5. The lowest BCUT2D eigenvalue weighted by Gasteiger charge is -2.09. The van der Waals surface area contributed by atoms with E-state index in [0.717, 1.165) is 5.56 Å². The lowest BCUT2D eigenvalue weighted by Crippen LogP contribution is -1.96. The molecule has 2 rings (SSSR count). The molecule has 0 amide bonds. The van der Waals surface area contributed by atoms with Gasteiger partial charge in [0, 0.05) is 10.6 Å². The summed E-state index contributed by atoms with van der Waals surface area (Å²) >= 11 is 5.78. The van der Waals surface area contributed by atoms with E-state index in [0.29, 0.717) is 5.02 Å². The average molecular weight is 182 g/mol. The molecule has 0 saturated carbocycles. The van der Waals surface area contributed by atoms with Crippen LogP contribution < -0.4 is 0 Å². The molecule has 61 valence electrons. The molecule has 1 unspecified atom stereocenters. The normalized spacial score (nSPS) is 15.8. The van der Waals surface area contributed by atoms with E-state index in [1.807, 2.05) is 12.1 Å². The third-order valence-corrected chi connectivity index (χ3v) is 1.77. The zero-order chi connectivity index (χ0) is 8.39. The van der Waals surface area contributed by atoms with Crippen molar-refractivity contribution in [1.29, 1.82) is 0 Å². The predicted octanol–water partition coefficient (Wildman–Crippen LogP) is 2.66. The van der Waals surface area contributed by atoms with E-state index in [2.05, 4.69) is 6.26 Å². The Bertz CT molecular complexity index is 301. The molecule has 0 bridgehead atoms. The first-order valence-electron chi connectivity index (χ1n) is 3.50. The molecule has 1 heterocycles. The van der Waals surface area contributed by atoms with Crippen LogP contribution in [0.3, 0.4) is 0 Å². The van der Waals surface area contributed by atoms with Crippen molar-refractivity contribution in [2.75, 3.05) is 0 Å². The maximum absolute atomic E-state index is 5.78. The van der Waals surface area contributed by atoms with Crippen LogP contribution in [-0.2, 0) is 9.47 Å². The zero-order valence-electron chi connectivity index (χ0n) is 6.16. The van der Waals surface area contributed by atoms with Gasteiger partial charge in [0.25, 0.3) is 6.29 Å². The van der Waals surface area contributed by atoms with E-state index in [9.17, 15) is 0 Å². The third kappa shape index (κ3) is 1.38. The van der Waals surface area contributed by atoms with Gasteiger partial charge in [0.05, 0.1) is 0 Å². The summed E-state index contributed by atoms with van der Waals surface area (Å²) < 4.78 is 10.1. The largest absolute Gasteiger partial charge is 0.454 e. The van der Waals surface area contributed by atoms with Gasteiger partial charge in [0.2, 0.25) is 6.26 Å². The van der Waals surface area contributed by atoms with E-state index in [-0.39, 0.29) is 6.29 Å². The molecule has 1 radical (unpaired) electrons. The number of rotatable bonds is 1. The van der Waals surface area contributed by atoms with Crippen LogP contribution in [-0.4, -0.2) is 0 Å². The molecule has 1 atom stereocenters. The van der Waals surface area contributed by atoms with Crippen LogP contribution in [0.4, 0.5) is 0 Å². The summed E-state index contributed by atoms with van der Waals surface area (Å²) in [6, 6.07) is 7.34. The molecule has 2 nitrogen and oxygen atoms in total. The first-order chi connectivity index (χ1) is 5.86. The molecule has 0 spiro atoms. The van der Waals surface area contributed by atoms with Gasteiger partial charge >= 0.3 is 0 Å². The van der Waals surface area contributed by atoms with Crippen molar-refractivity contribution in [3.8, 4) is 0 Å². The molecule has 0 N–H and O–H groups in total. The Kier molecular flexibility index (Phi) is 1.92. The van der Waals surface area contributed by atoms with Crippen molar-refractivity contribution in [2.24, 2.45) is 0 Å². The molecule has 1 aliphatic rings. The van der Waals surface area contributed by atoms with Crippen molar-refractivity contribution in [1.82, 2.24) is 0 Å². The second kappa shape index (κ2) is 3.07. The molecule has 12 heavy (non-hydrogen) atoms. The van der Waals surface area contributed by atoms with Crippen molar-refractivity contribution < 1.29 is 9.47 Å². The monoisotopic (exact) mass is 181 g/mol. The van der Waals surface area contributed by atoms with Crippen LogP contribution in [0.2, 0.25) is 5.02 Å². The number of benzene rings is 1. The summed E-state index contributed by atoms with van der Waals surface area (Å²) in [5, 5.41) is 0.673. The lowest BCUT2D eigenvalue weighted by molar-refractivity contribution is -0.0302. The topological polar surface area (TPSA) is 18.5 Å². The van der Waals surface area contributed by atoms with Gasteiger partial charge in [-0.25, -0.2) is 0 Å². The highest BCUT2D eigenvalue weighted by Gasteiger charge is 2.15. The number of ether oxygens (including phenoxy) is 2. The second-order valence-corrected chi connectivity index (χ2v) is 2.81. The Morgan fingerprint density at radius 1 is 1.42 bits per heavy atom. The maximum atomic E-state index is 5.78. The second-order valence-electron chi connectivity index (χ2n) is 2.38. The molecular formula is C9H6ClO2. The fraction of sp³-hybridized carbons (Fsp3) is 0.111. The summed E-state index contributed by atoms with van der Waals surface area (Å²) in [6.45, 7) is 0. The fourth-order valence-electron chi connectivity index (χ4n) is 1.01. The van der Waals surface area contributed by atoms with E-state index in [1.165, 1.54) is 6.26 Å². The number of halogens is 1. The van der Waals surface area contributed by atoms with Gasteiger partial charge in [0.1, 0.15) is 6.26 Å². The third-order valence-electron chi connectivity index (χ3n) is 1.54. The van der Waals surface area contributed by atoms with E-state index >= 15 is 0 Å². The van der Waals surface area contributed by atoms with Gasteiger partial charge in [0.15, 0.2) is 0 Å². The summed E-state index contributed by atoms with van der Waals surface area (Å²) in [7, 11) is 0. The maximum Gasteiger partial charge on any atom is 0.267 e. The highest BCUT2D eigenvalue weighted by molar-refractivity contribution is 6.30. The highest BCUT2D eigenvalue weighted by Crippen LogP contribution is 2.25. The van der Waals surface area contributed by atoms with Gasteiger partial charge in [-0.15, -0.1) is 0 Å². The van der Waals surface area contributed by atoms with Gasteiger partial charge in [-0.3, -0.25) is 0 Å². The van der Waals surface area contributed by atoms with Crippen LogP contribution in [0.25, 0.3) is 0 Å². The van der Waals surface area contributed by atoms with Gasteiger partial charge in [-0.1, -0.05) is 23.7 Å². The quantitative estimate of drug-likeness (QED) is 0.663. The SMILES string of the molecule is Clc1cccc(C2O[C]=CO2)c1. The zero-order valence-corrected chi connectivity index (χ0v) is 6.91. The van der Waals surface area contributed by atoms with Crippen LogP contribution in [0.1, 0.15) is 11.9 Å². The molecule has 0 saturated heterocycles. The van der Waals surface area contributed by atoms with Gasteiger partial charge in [-0.2, -0.15) is 0 Å². The minimum atomic E-state index is -0.385. The summed E-state index contributed by atoms with van der Waals surface area (Å²) in [6.07, 6.45) is 3.51. The van der Waals surface area contributed by atoms with Crippen molar-refractivity contribution >= 4 is 11.6 Å². The Hall–Kier alpha value is -1.15. The van der Waals surface area contributed by atoms with Crippen LogP contribution in [0.15, 0.2) is 30.5 Å². The molecule has 0 aliphatic carbocycles. The first kappa shape index (κ1) is 7.50. The van der Waals surface area contributed by atoms with E-state index in [1.54, 1.807) is 12.1 Å². The minimum Gasteiger partial charge on any atom is -0.454 e. The van der Waals surface area contributed by atoms with Gasteiger partial charge in [-0.05, 0) is 12.1 Å². The van der Waals surface area contributed by atoms with Crippen molar-refractivity contribution in [3.05, 3.63) is 47.4 Å². The molecule has 3 heteroatoms. The summed E-state index contributed by atoms with van der Waals surface area (Å²) in [5.41, 5.74) is 0.892. The van der Waals surface area contributed by atoms with Crippen molar-refractivity contribution in [2.45, 2.75) is 6.29 Å². The Balaban J connectivity index is 2.22. The standard InChI is InChI=1S/C9H6ClO2/c10-8-3-1-2-7(6-8)9-11-4-5-12-9/h1-4,6,9H. The molecule has 1 aromatic rings. The fourth-order valence-corrected chi connectivity index (χ4v) is 1.21. The van der Waals surface area contributed by atoms with Crippen molar-refractivity contribution in [3.63, 3.8) is 0 Å². The minimum absolute atomic E-state index is 0.385. The van der Waals surface area contributed by atoms with Crippen LogP contribution in [0, 0.1) is 6.26 Å². The Labute approximate surface area is 75.4 Å². The van der Waals surface area contributed by atoms with Crippen LogP contribution >= 0.6 is 11.6 Å². The van der Waals surface area contributed by atoms with Crippen LogP contribution in [0.5, 0.6) is 0 Å².